The van der Waals surface area contributed by atoms with E-state index in [0.717, 1.165) is 61.2 Å². The molecule has 55 heavy (non-hydrogen) atoms. The van der Waals surface area contributed by atoms with Crippen molar-refractivity contribution in [3.63, 3.8) is 0 Å². The largest absolute Gasteiger partial charge is 0.309 e. The van der Waals surface area contributed by atoms with Crippen molar-refractivity contribution in [2.45, 2.75) is 0 Å². The highest BCUT2D eigenvalue weighted by molar-refractivity contribution is 6.12. The van der Waals surface area contributed by atoms with Crippen molar-refractivity contribution in [1.82, 2.24) is 19.5 Å². The molecule has 3 aromatic heterocycles. The lowest BCUT2D eigenvalue weighted by molar-refractivity contribution is 1.17. The zero-order chi connectivity index (χ0) is 36.3. The summed E-state index contributed by atoms with van der Waals surface area (Å²) in [6.07, 6.45) is 1.88. The zero-order valence-electron chi connectivity index (χ0n) is 29.8. The number of rotatable bonds is 5. The van der Waals surface area contributed by atoms with E-state index in [4.69, 9.17) is 15.0 Å². The summed E-state index contributed by atoms with van der Waals surface area (Å²) in [5.41, 5.74) is 10.3. The lowest BCUT2D eigenvalue weighted by atomic mass is 9.94. The normalized spacial score (nSPS) is 11.6. The second-order valence-corrected chi connectivity index (χ2v) is 14.0. The van der Waals surface area contributed by atoms with Gasteiger partial charge in [-0.3, -0.25) is 4.98 Å². The van der Waals surface area contributed by atoms with E-state index in [1.807, 2.05) is 6.20 Å². The van der Waals surface area contributed by atoms with E-state index in [0.29, 0.717) is 5.82 Å². The number of hydrogen-bond acceptors (Lipinski definition) is 3. The summed E-state index contributed by atoms with van der Waals surface area (Å²) < 4.78 is 2.35. The Labute approximate surface area is 317 Å². The Morgan fingerprint density at radius 1 is 0.364 bits per heavy atom. The lowest BCUT2D eigenvalue weighted by Gasteiger charge is -2.15. The summed E-state index contributed by atoms with van der Waals surface area (Å²) in [5, 5.41) is 9.48. The molecule has 3 heterocycles. The zero-order valence-corrected chi connectivity index (χ0v) is 29.8. The fraction of sp³-hybridized carbons (Fsp3) is 0. The predicted molar refractivity (Wildman–Crippen MR) is 228 cm³/mol. The number of para-hydroxylation sites is 2. The van der Waals surface area contributed by atoms with Crippen LogP contribution in [0.3, 0.4) is 0 Å². The van der Waals surface area contributed by atoms with Gasteiger partial charge in [0.15, 0.2) is 5.82 Å². The molecule has 0 amide bonds. The van der Waals surface area contributed by atoms with Crippen LogP contribution in [0.2, 0.25) is 0 Å². The number of aromatic nitrogens is 4. The van der Waals surface area contributed by atoms with E-state index in [-0.39, 0.29) is 0 Å². The summed E-state index contributed by atoms with van der Waals surface area (Å²) >= 11 is 0. The second-order valence-electron chi connectivity index (χ2n) is 14.0. The average Bonchev–Trinajstić information content (AvgIpc) is 3.59. The quantitative estimate of drug-likeness (QED) is 0.168. The van der Waals surface area contributed by atoms with E-state index in [2.05, 4.69) is 193 Å². The van der Waals surface area contributed by atoms with Crippen molar-refractivity contribution < 1.29 is 0 Å². The Balaban J connectivity index is 1.09. The molecule has 0 saturated heterocycles. The van der Waals surface area contributed by atoms with Crippen LogP contribution in [-0.4, -0.2) is 19.5 Å². The minimum Gasteiger partial charge on any atom is -0.309 e. The predicted octanol–water partition coefficient (Wildman–Crippen LogP) is 13.1. The van der Waals surface area contributed by atoms with Gasteiger partial charge in [-0.2, -0.15) is 0 Å². The van der Waals surface area contributed by atoms with Gasteiger partial charge in [-0.05, 0) is 69.4 Å². The van der Waals surface area contributed by atoms with Crippen molar-refractivity contribution in [2.75, 3.05) is 0 Å². The molecular formula is C51H32N4. The standard InChI is InChI=1S/C51H32N4/c1-6-16-42-33(11-1)29-30-52-50(42)35-21-23-36(24-22-35)51-53-45(32-46(54-51)49-40-14-4-2-12-37(40)31-38-13-3-5-15-41(38)49)34-25-27-39(28-26-34)55-47-19-9-7-17-43(47)44-18-8-10-20-48(44)55/h1-32H. The van der Waals surface area contributed by atoms with Crippen LogP contribution in [0.4, 0.5) is 0 Å². The summed E-state index contributed by atoms with van der Waals surface area (Å²) in [7, 11) is 0. The number of fused-ring (bicyclic) bond motifs is 6. The molecule has 11 rings (SSSR count). The molecule has 0 bridgehead atoms. The summed E-state index contributed by atoms with van der Waals surface area (Å²) in [6.45, 7) is 0. The first kappa shape index (κ1) is 31.1. The van der Waals surface area contributed by atoms with Crippen molar-refractivity contribution >= 4 is 54.1 Å². The highest BCUT2D eigenvalue weighted by Crippen LogP contribution is 2.39. The molecule has 0 unspecified atom stereocenters. The van der Waals surface area contributed by atoms with Gasteiger partial charge in [0.1, 0.15) is 0 Å². The van der Waals surface area contributed by atoms with Crippen LogP contribution >= 0.6 is 0 Å². The Kier molecular flexibility index (Phi) is 7.14. The fourth-order valence-electron chi connectivity index (χ4n) is 8.25. The first-order chi connectivity index (χ1) is 27.3. The molecule has 0 aliphatic rings. The average molecular weight is 701 g/mol. The third kappa shape index (κ3) is 5.19. The van der Waals surface area contributed by atoms with Crippen LogP contribution in [0.15, 0.2) is 194 Å². The monoisotopic (exact) mass is 700 g/mol. The second kappa shape index (κ2) is 12.6. The van der Waals surface area contributed by atoms with Crippen molar-refractivity contribution in [3.8, 4) is 50.8 Å². The summed E-state index contributed by atoms with van der Waals surface area (Å²) in [4.78, 5) is 15.4. The SMILES string of the molecule is c1ccc2c(-c3ccc(-c4nc(-c5ccc(-n6c7ccccc7c7ccccc76)cc5)cc(-c5c6ccccc6cc6ccccc56)n4)cc3)nccc2c1. The van der Waals surface area contributed by atoms with Crippen LogP contribution in [0.25, 0.3) is 105 Å². The van der Waals surface area contributed by atoms with Gasteiger partial charge in [0.05, 0.1) is 28.1 Å². The van der Waals surface area contributed by atoms with E-state index in [9.17, 15) is 0 Å². The van der Waals surface area contributed by atoms with Gasteiger partial charge in [-0.1, -0.05) is 146 Å². The fourth-order valence-corrected chi connectivity index (χ4v) is 8.25. The van der Waals surface area contributed by atoms with Gasteiger partial charge in [-0.25, -0.2) is 9.97 Å². The molecule has 0 radical (unpaired) electrons. The Morgan fingerprint density at radius 2 is 0.873 bits per heavy atom. The van der Waals surface area contributed by atoms with Gasteiger partial charge < -0.3 is 4.57 Å². The molecule has 0 atom stereocenters. The molecule has 8 aromatic carbocycles. The van der Waals surface area contributed by atoms with Gasteiger partial charge in [-0.15, -0.1) is 0 Å². The number of hydrogen-bond donors (Lipinski definition) is 0. The Hall–Kier alpha value is -7.43. The maximum absolute atomic E-state index is 5.35. The minimum atomic E-state index is 0.674. The third-order valence-electron chi connectivity index (χ3n) is 10.8. The highest BCUT2D eigenvalue weighted by Gasteiger charge is 2.17. The van der Waals surface area contributed by atoms with Crippen molar-refractivity contribution in [1.29, 1.82) is 0 Å². The summed E-state index contributed by atoms with van der Waals surface area (Å²) in [6, 6.07) is 66.6. The molecule has 0 N–H and O–H groups in total. The van der Waals surface area contributed by atoms with Crippen LogP contribution in [0.1, 0.15) is 0 Å². The topological polar surface area (TPSA) is 43.6 Å². The summed E-state index contributed by atoms with van der Waals surface area (Å²) in [5.74, 6) is 0.674. The number of nitrogens with zero attached hydrogens (tertiary/aromatic N) is 4. The van der Waals surface area contributed by atoms with Crippen molar-refractivity contribution in [2.24, 2.45) is 0 Å². The molecule has 256 valence electrons. The van der Waals surface area contributed by atoms with Crippen LogP contribution < -0.4 is 0 Å². The number of benzene rings is 8. The first-order valence-electron chi connectivity index (χ1n) is 18.6. The molecule has 0 aliphatic heterocycles. The molecule has 0 aliphatic carbocycles. The van der Waals surface area contributed by atoms with Crippen LogP contribution in [0, 0.1) is 0 Å². The first-order valence-corrected chi connectivity index (χ1v) is 18.6. The Morgan fingerprint density at radius 3 is 1.53 bits per heavy atom. The third-order valence-corrected chi connectivity index (χ3v) is 10.8. The van der Waals surface area contributed by atoms with Crippen molar-refractivity contribution in [3.05, 3.63) is 194 Å². The number of pyridine rings is 1. The van der Waals surface area contributed by atoms with E-state index in [1.54, 1.807) is 0 Å². The Bertz CT molecular complexity index is 3140. The highest BCUT2D eigenvalue weighted by atomic mass is 15.0. The lowest BCUT2D eigenvalue weighted by Crippen LogP contribution is -1.98. The molecule has 4 heteroatoms. The van der Waals surface area contributed by atoms with E-state index in [1.165, 1.54) is 38.0 Å². The van der Waals surface area contributed by atoms with Crippen LogP contribution in [-0.2, 0) is 0 Å². The molecule has 0 spiro atoms. The van der Waals surface area contributed by atoms with Crippen LogP contribution in [0.5, 0.6) is 0 Å². The smallest absolute Gasteiger partial charge is 0.160 e. The maximum Gasteiger partial charge on any atom is 0.160 e. The van der Waals surface area contributed by atoms with E-state index >= 15 is 0 Å². The minimum absolute atomic E-state index is 0.674. The van der Waals surface area contributed by atoms with Gasteiger partial charge >= 0.3 is 0 Å². The van der Waals surface area contributed by atoms with E-state index < -0.39 is 0 Å². The van der Waals surface area contributed by atoms with Gasteiger partial charge in [0.2, 0.25) is 0 Å². The molecule has 11 aromatic rings. The molecular weight excluding hydrogens is 669 g/mol. The maximum atomic E-state index is 5.35. The molecule has 4 nitrogen and oxygen atoms in total. The molecule has 0 fully saturated rings. The molecule has 0 saturated carbocycles. The van der Waals surface area contributed by atoms with Gasteiger partial charge in [0.25, 0.3) is 0 Å². The van der Waals surface area contributed by atoms with Gasteiger partial charge in [0, 0.05) is 50.3 Å².